The highest BCUT2D eigenvalue weighted by molar-refractivity contribution is 6.06. The van der Waals surface area contributed by atoms with Gasteiger partial charge in [-0.1, -0.05) is 35.9 Å². The van der Waals surface area contributed by atoms with Gasteiger partial charge in [-0.3, -0.25) is 19.5 Å². The van der Waals surface area contributed by atoms with Crippen LogP contribution in [0.2, 0.25) is 0 Å². The standard InChI is InChI=1S/C23H30N4O2/c1-14-5-6-18(15(2)11-14)13-26-23(24-3)25-9-4-10-27-21(28)19-16-7-8-17(12-16)20(19)22(27)29/h5-8,11,16-17,19-20H,4,9-10,12-13H2,1-3H3,(H2,24,25,26). The highest BCUT2D eigenvalue weighted by Gasteiger charge is 2.58. The van der Waals surface area contributed by atoms with Crippen LogP contribution in [0.4, 0.5) is 0 Å². The molecule has 29 heavy (non-hydrogen) atoms. The number of hydrogen-bond acceptors (Lipinski definition) is 3. The summed E-state index contributed by atoms with van der Waals surface area (Å²) in [5.41, 5.74) is 3.75. The van der Waals surface area contributed by atoms with Crippen LogP contribution in [-0.2, 0) is 16.1 Å². The molecule has 6 heteroatoms. The van der Waals surface area contributed by atoms with E-state index in [1.807, 2.05) is 0 Å². The molecule has 4 rings (SSSR count). The topological polar surface area (TPSA) is 73.8 Å². The van der Waals surface area contributed by atoms with Crippen molar-refractivity contribution in [2.45, 2.75) is 33.2 Å². The first-order chi connectivity index (χ1) is 14.0. The molecule has 1 aromatic rings. The molecule has 2 bridgehead atoms. The summed E-state index contributed by atoms with van der Waals surface area (Å²) >= 11 is 0. The fourth-order valence-corrected chi connectivity index (χ4v) is 5.07. The number of amides is 2. The predicted molar refractivity (Wildman–Crippen MR) is 113 cm³/mol. The molecule has 0 radical (unpaired) electrons. The number of benzene rings is 1. The Morgan fingerprint density at radius 3 is 2.41 bits per heavy atom. The number of hydrogen-bond donors (Lipinski definition) is 2. The van der Waals surface area contributed by atoms with Gasteiger partial charge < -0.3 is 10.6 Å². The number of imide groups is 1. The van der Waals surface area contributed by atoms with E-state index in [1.54, 1.807) is 7.05 Å². The molecular weight excluding hydrogens is 364 g/mol. The second kappa shape index (κ2) is 8.01. The van der Waals surface area contributed by atoms with E-state index in [0.717, 1.165) is 12.4 Å². The molecule has 2 fully saturated rings. The maximum absolute atomic E-state index is 12.7. The molecule has 1 heterocycles. The zero-order valence-corrected chi connectivity index (χ0v) is 17.4. The lowest BCUT2D eigenvalue weighted by atomic mass is 9.85. The predicted octanol–water partition coefficient (Wildman–Crippen LogP) is 2.17. The number of allylic oxidation sites excluding steroid dienone is 2. The number of likely N-dealkylation sites (tertiary alicyclic amines) is 1. The number of rotatable bonds is 6. The van der Waals surface area contributed by atoms with Crippen LogP contribution in [0, 0.1) is 37.5 Å². The Morgan fingerprint density at radius 2 is 1.79 bits per heavy atom. The van der Waals surface area contributed by atoms with Gasteiger partial charge in [0, 0.05) is 26.7 Å². The minimum Gasteiger partial charge on any atom is -0.356 e. The molecule has 154 valence electrons. The number of nitrogens with zero attached hydrogens (tertiary/aromatic N) is 2. The molecule has 2 amide bonds. The van der Waals surface area contributed by atoms with Crippen molar-refractivity contribution >= 4 is 17.8 Å². The highest BCUT2D eigenvalue weighted by Crippen LogP contribution is 2.52. The number of aryl methyl sites for hydroxylation is 2. The summed E-state index contributed by atoms with van der Waals surface area (Å²) in [5, 5.41) is 6.61. The lowest BCUT2D eigenvalue weighted by molar-refractivity contribution is -0.140. The van der Waals surface area contributed by atoms with Gasteiger partial charge in [0.1, 0.15) is 0 Å². The molecule has 4 unspecified atom stereocenters. The molecule has 1 saturated carbocycles. The molecule has 1 aromatic carbocycles. The van der Waals surface area contributed by atoms with Crippen molar-refractivity contribution in [3.05, 3.63) is 47.0 Å². The summed E-state index contributed by atoms with van der Waals surface area (Å²) in [6.45, 7) is 6.04. The first kappa shape index (κ1) is 19.7. The van der Waals surface area contributed by atoms with Crippen molar-refractivity contribution in [1.82, 2.24) is 15.5 Å². The first-order valence-electron chi connectivity index (χ1n) is 10.5. The number of fused-ring (bicyclic) bond motifs is 5. The molecule has 0 aromatic heterocycles. The summed E-state index contributed by atoms with van der Waals surface area (Å²) in [6, 6.07) is 6.42. The summed E-state index contributed by atoms with van der Waals surface area (Å²) in [4.78, 5) is 31.2. The number of carbonyl (C=O) groups excluding carboxylic acids is 2. The van der Waals surface area contributed by atoms with Crippen LogP contribution in [0.5, 0.6) is 0 Å². The van der Waals surface area contributed by atoms with E-state index in [-0.39, 0.29) is 35.5 Å². The Kier molecular flexibility index (Phi) is 5.43. The quantitative estimate of drug-likeness (QED) is 0.255. The molecule has 1 saturated heterocycles. The van der Waals surface area contributed by atoms with E-state index < -0.39 is 0 Å². The van der Waals surface area contributed by atoms with Crippen LogP contribution in [-0.4, -0.2) is 42.8 Å². The Bertz CT molecular complexity index is 846. The SMILES string of the molecule is CN=C(NCCCN1C(=O)C2C3C=CC(C3)C2C1=O)NCc1ccc(C)cc1C. The summed E-state index contributed by atoms with van der Waals surface area (Å²) < 4.78 is 0. The molecule has 1 aliphatic heterocycles. The van der Waals surface area contributed by atoms with E-state index >= 15 is 0 Å². The molecule has 4 atom stereocenters. The molecule has 3 aliphatic rings. The third-order valence-electron chi connectivity index (χ3n) is 6.58. The average molecular weight is 395 g/mol. The molecule has 6 nitrogen and oxygen atoms in total. The van der Waals surface area contributed by atoms with Crippen LogP contribution in [0.3, 0.4) is 0 Å². The third-order valence-corrected chi connectivity index (χ3v) is 6.58. The minimum atomic E-state index is -0.0994. The fraction of sp³-hybridized carbons (Fsp3) is 0.522. The minimum absolute atomic E-state index is 0.0363. The van der Waals surface area contributed by atoms with Crippen LogP contribution in [0.15, 0.2) is 35.3 Å². The lowest BCUT2D eigenvalue weighted by Gasteiger charge is -2.18. The average Bonchev–Trinajstić information content (AvgIpc) is 3.38. The Balaban J connectivity index is 1.23. The van der Waals surface area contributed by atoms with Gasteiger partial charge in [0.2, 0.25) is 11.8 Å². The molecular formula is C23H30N4O2. The number of nitrogens with one attached hydrogen (secondary N) is 2. The van der Waals surface area contributed by atoms with Crippen LogP contribution < -0.4 is 10.6 Å². The van der Waals surface area contributed by atoms with Gasteiger partial charge in [-0.15, -0.1) is 0 Å². The number of aliphatic imine (C=N–C) groups is 1. The maximum Gasteiger partial charge on any atom is 0.233 e. The summed E-state index contributed by atoms with van der Waals surface area (Å²) in [6.07, 6.45) is 5.95. The molecule has 2 N–H and O–H groups in total. The maximum atomic E-state index is 12.7. The van der Waals surface area contributed by atoms with E-state index in [4.69, 9.17) is 0 Å². The second-order valence-corrected chi connectivity index (χ2v) is 8.46. The van der Waals surface area contributed by atoms with Crippen molar-refractivity contribution in [3.63, 3.8) is 0 Å². The van der Waals surface area contributed by atoms with E-state index in [0.29, 0.717) is 26.1 Å². The van der Waals surface area contributed by atoms with Gasteiger partial charge in [-0.2, -0.15) is 0 Å². The summed E-state index contributed by atoms with van der Waals surface area (Å²) in [7, 11) is 1.74. The highest BCUT2D eigenvalue weighted by atomic mass is 16.2. The Morgan fingerprint density at radius 1 is 1.10 bits per heavy atom. The van der Waals surface area contributed by atoms with Gasteiger partial charge >= 0.3 is 0 Å². The molecule has 2 aliphatic carbocycles. The van der Waals surface area contributed by atoms with Crippen molar-refractivity contribution < 1.29 is 9.59 Å². The van der Waals surface area contributed by atoms with Crippen molar-refractivity contribution in [2.75, 3.05) is 20.1 Å². The van der Waals surface area contributed by atoms with Crippen LogP contribution in [0.1, 0.15) is 29.5 Å². The monoisotopic (exact) mass is 394 g/mol. The Hall–Kier alpha value is -2.63. The zero-order valence-electron chi connectivity index (χ0n) is 17.4. The van der Waals surface area contributed by atoms with Gasteiger partial charge in [0.15, 0.2) is 5.96 Å². The van der Waals surface area contributed by atoms with Crippen LogP contribution in [0.25, 0.3) is 0 Å². The van der Waals surface area contributed by atoms with Gasteiger partial charge in [0.25, 0.3) is 0 Å². The van der Waals surface area contributed by atoms with E-state index in [9.17, 15) is 9.59 Å². The fourth-order valence-electron chi connectivity index (χ4n) is 5.07. The lowest BCUT2D eigenvalue weighted by Crippen LogP contribution is -2.39. The largest absolute Gasteiger partial charge is 0.356 e. The zero-order chi connectivity index (χ0) is 20.5. The number of carbonyl (C=O) groups is 2. The molecule has 0 spiro atoms. The van der Waals surface area contributed by atoms with Crippen molar-refractivity contribution in [3.8, 4) is 0 Å². The summed E-state index contributed by atoms with van der Waals surface area (Å²) in [5.74, 6) is 1.15. The Labute approximate surface area is 172 Å². The smallest absolute Gasteiger partial charge is 0.233 e. The van der Waals surface area contributed by atoms with Crippen molar-refractivity contribution in [1.29, 1.82) is 0 Å². The van der Waals surface area contributed by atoms with E-state index in [1.165, 1.54) is 21.6 Å². The van der Waals surface area contributed by atoms with Gasteiger partial charge in [-0.25, -0.2) is 0 Å². The first-order valence-corrected chi connectivity index (χ1v) is 10.5. The third kappa shape index (κ3) is 3.68. The number of guanidine groups is 1. The van der Waals surface area contributed by atoms with Crippen molar-refractivity contribution in [2.24, 2.45) is 28.7 Å². The van der Waals surface area contributed by atoms with Crippen LogP contribution >= 0.6 is 0 Å². The van der Waals surface area contributed by atoms with Gasteiger partial charge in [-0.05, 0) is 49.7 Å². The second-order valence-electron chi connectivity index (χ2n) is 8.46. The van der Waals surface area contributed by atoms with Gasteiger partial charge in [0.05, 0.1) is 11.8 Å². The van der Waals surface area contributed by atoms with E-state index in [2.05, 4.69) is 59.8 Å². The normalized spacial score (nSPS) is 27.7.